The Kier molecular flexibility index (Phi) is 2.46. The van der Waals surface area contributed by atoms with Crippen molar-refractivity contribution in [1.29, 1.82) is 0 Å². The predicted molar refractivity (Wildman–Crippen MR) is 69.1 cm³/mol. The summed E-state index contributed by atoms with van der Waals surface area (Å²) in [5.74, 6) is 1.06. The number of hydrogen-bond donors (Lipinski definition) is 1. The molecular weight excluding hydrogens is 210 g/mol. The fraction of sp³-hybridized carbons (Fsp3) is 0.533. The molecule has 17 heavy (non-hydrogen) atoms. The van der Waals surface area contributed by atoms with Crippen molar-refractivity contribution in [3.63, 3.8) is 0 Å². The lowest BCUT2D eigenvalue weighted by Gasteiger charge is -2.27. The zero-order valence-electron chi connectivity index (χ0n) is 10.5. The summed E-state index contributed by atoms with van der Waals surface area (Å²) in [6.07, 6.45) is 4.55. The molecule has 3 rings (SSSR count). The first kappa shape index (κ1) is 10.8. The van der Waals surface area contributed by atoms with Crippen LogP contribution in [0.5, 0.6) is 0 Å². The minimum Gasteiger partial charge on any atom is -0.326 e. The first-order chi connectivity index (χ1) is 8.13. The molecule has 0 radical (unpaired) electrons. The zero-order chi connectivity index (χ0) is 12.0. The van der Waals surface area contributed by atoms with Gasteiger partial charge in [-0.25, -0.2) is 0 Å². The Labute approximate surface area is 102 Å². The van der Waals surface area contributed by atoms with Crippen LogP contribution in [0.1, 0.15) is 37.0 Å². The van der Waals surface area contributed by atoms with E-state index in [1.165, 1.54) is 29.5 Å². The maximum atomic E-state index is 11.7. The predicted octanol–water partition coefficient (Wildman–Crippen LogP) is 2.94. The van der Waals surface area contributed by atoms with E-state index >= 15 is 0 Å². The zero-order valence-corrected chi connectivity index (χ0v) is 10.5. The minimum atomic E-state index is 0.114. The molecule has 1 heterocycles. The summed E-state index contributed by atoms with van der Waals surface area (Å²) in [6.45, 7) is 4.31. The van der Waals surface area contributed by atoms with Gasteiger partial charge in [-0.05, 0) is 54.4 Å². The van der Waals surface area contributed by atoms with E-state index in [9.17, 15) is 4.79 Å². The van der Waals surface area contributed by atoms with Crippen molar-refractivity contribution in [2.24, 2.45) is 11.8 Å². The van der Waals surface area contributed by atoms with Gasteiger partial charge in [0.05, 0.1) is 0 Å². The number of carbonyl (C=O) groups is 1. The molecule has 1 aliphatic carbocycles. The van der Waals surface area contributed by atoms with Crippen LogP contribution in [0.3, 0.4) is 0 Å². The van der Waals surface area contributed by atoms with E-state index in [1.807, 2.05) is 6.92 Å². The SMILES string of the molecule is CC1CCc2cc3c(cc2C1)NC(=O)C(C)C3. The summed E-state index contributed by atoms with van der Waals surface area (Å²) in [5, 5.41) is 3.04. The number of benzene rings is 1. The lowest BCUT2D eigenvalue weighted by Crippen LogP contribution is -2.28. The van der Waals surface area contributed by atoms with Crippen LogP contribution < -0.4 is 5.32 Å². The van der Waals surface area contributed by atoms with Gasteiger partial charge in [0.15, 0.2) is 0 Å². The van der Waals surface area contributed by atoms with Crippen LogP contribution in [0.25, 0.3) is 0 Å². The van der Waals surface area contributed by atoms with Crippen molar-refractivity contribution >= 4 is 11.6 Å². The summed E-state index contributed by atoms with van der Waals surface area (Å²) in [7, 11) is 0. The highest BCUT2D eigenvalue weighted by molar-refractivity contribution is 5.95. The van der Waals surface area contributed by atoms with Gasteiger partial charge in [0.1, 0.15) is 0 Å². The van der Waals surface area contributed by atoms with Crippen molar-refractivity contribution < 1.29 is 4.79 Å². The topological polar surface area (TPSA) is 29.1 Å². The molecule has 2 aliphatic rings. The molecule has 2 nitrogen and oxygen atoms in total. The molecule has 0 aromatic heterocycles. The molecule has 1 N–H and O–H groups in total. The Morgan fingerprint density at radius 1 is 1.12 bits per heavy atom. The fourth-order valence-corrected chi connectivity index (χ4v) is 3.01. The summed E-state index contributed by atoms with van der Waals surface area (Å²) in [4.78, 5) is 11.7. The van der Waals surface area contributed by atoms with Gasteiger partial charge in [-0.15, -0.1) is 0 Å². The van der Waals surface area contributed by atoms with Gasteiger partial charge in [0, 0.05) is 11.6 Å². The van der Waals surface area contributed by atoms with Gasteiger partial charge in [0.25, 0.3) is 0 Å². The number of aryl methyl sites for hydroxylation is 1. The van der Waals surface area contributed by atoms with Crippen LogP contribution in [0.2, 0.25) is 0 Å². The van der Waals surface area contributed by atoms with Crippen LogP contribution in [0.15, 0.2) is 12.1 Å². The second kappa shape index (κ2) is 3.86. The van der Waals surface area contributed by atoms with Gasteiger partial charge in [-0.3, -0.25) is 4.79 Å². The van der Waals surface area contributed by atoms with E-state index in [2.05, 4.69) is 24.4 Å². The van der Waals surface area contributed by atoms with Gasteiger partial charge >= 0.3 is 0 Å². The van der Waals surface area contributed by atoms with Crippen molar-refractivity contribution in [3.8, 4) is 0 Å². The Balaban J connectivity index is 2.01. The third-order valence-corrected chi connectivity index (χ3v) is 4.13. The molecule has 2 atom stereocenters. The van der Waals surface area contributed by atoms with Crippen molar-refractivity contribution in [3.05, 3.63) is 28.8 Å². The molecule has 2 heteroatoms. The lowest BCUT2D eigenvalue weighted by molar-refractivity contribution is -0.119. The summed E-state index contributed by atoms with van der Waals surface area (Å²) in [6, 6.07) is 4.54. The molecule has 1 aliphatic heterocycles. The smallest absolute Gasteiger partial charge is 0.227 e. The monoisotopic (exact) mass is 229 g/mol. The van der Waals surface area contributed by atoms with E-state index in [-0.39, 0.29) is 11.8 Å². The number of hydrogen-bond acceptors (Lipinski definition) is 1. The van der Waals surface area contributed by atoms with Crippen LogP contribution >= 0.6 is 0 Å². The summed E-state index contributed by atoms with van der Waals surface area (Å²) >= 11 is 0. The highest BCUT2D eigenvalue weighted by atomic mass is 16.1. The van der Waals surface area contributed by atoms with Gasteiger partial charge in [-0.1, -0.05) is 19.9 Å². The van der Waals surface area contributed by atoms with Gasteiger partial charge in [-0.2, -0.15) is 0 Å². The number of anilines is 1. The maximum absolute atomic E-state index is 11.7. The van der Waals surface area contributed by atoms with Crippen molar-refractivity contribution in [1.82, 2.24) is 0 Å². The number of nitrogens with one attached hydrogen (secondary N) is 1. The summed E-state index contributed by atoms with van der Waals surface area (Å²) in [5.41, 5.74) is 5.33. The van der Waals surface area contributed by atoms with Gasteiger partial charge < -0.3 is 5.32 Å². The Bertz CT molecular complexity index is 478. The Hall–Kier alpha value is -1.31. The third kappa shape index (κ3) is 1.86. The number of carbonyl (C=O) groups excluding carboxylic acids is 1. The molecule has 2 unspecified atom stereocenters. The average Bonchev–Trinajstić information content (AvgIpc) is 2.28. The molecule has 0 saturated heterocycles. The highest BCUT2D eigenvalue weighted by Crippen LogP contribution is 2.33. The van der Waals surface area contributed by atoms with Crippen molar-refractivity contribution in [2.75, 3.05) is 5.32 Å². The van der Waals surface area contributed by atoms with Gasteiger partial charge in [0.2, 0.25) is 5.91 Å². The second-order valence-corrected chi connectivity index (χ2v) is 5.72. The van der Waals surface area contributed by atoms with E-state index in [4.69, 9.17) is 0 Å². The average molecular weight is 229 g/mol. The molecule has 1 aromatic rings. The molecular formula is C15H19NO. The number of rotatable bonds is 0. The highest BCUT2D eigenvalue weighted by Gasteiger charge is 2.25. The van der Waals surface area contributed by atoms with Crippen LogP contribution in [-0.2, 0) is 24.1 Å². The standard InChI is InChI=1S/C15H19NO/c1-9-3-4-11-7-13-6-10(2)15(17)16-14(13)8-12(11)5-9/h7-10H,3-6H2,1-2H3,(H,16,17). The molecule has 1 aromatic carbocycles. The number of amides is 1. The molecule has 0 fully saturated rings. The normalized spacial score (nSPS) is 27.1. The fourth-order valence-electron chi connectivity index (χ4n) is 3.01. The van der Waals surface area contributed by atoms with Crippen LogP contribution in [-0.4, -0.2) is 5.91 Å². The largest absolute Gasteiger partial charge is 0.326 e. The third-order valence-electron chi connectivity index (χ3n) is 4.13. The molecule has 0 bridgehead atoms. The minimum absolute atomic E-state index is 0.114. The number of fused-ring (bicyclic) bond motifs is 2. The molecule has 90 valence electrons. The quantitative estimate of drug-likeness (QED) is 0.728. The Morgan fingerprint density at radius 3 is 2.76 bits per heavy atom. The first-order valence-electron chi connectivity index (χ1n) is 6.59. The lowest BCUT2D eigenvalue weighted by atomic mass is 9.82. The first-order valence-corrected chi connectivity index (χ1v) is 6.59. The van der Waals surface area contributed by atoms with E-state index in [1.54, 1.807) is 0 Å². The van der Waals surface area contributed by atoms with E-state index < -0.39 is 0 Å². The van der Waals surface area contributed by atoms with Crippen molar-refractivity contribution in [2.45, 2.75) is 39.5 Å². The maximum Gasteiger partial charge on any atom is 0.227 e. The van der Waals surface area contributed by atoms with E-state index in [0.29, 0.717) is 0 Å². The van der Waals surface area contributed by atoms with Crippen LogP contribution in [0.4, 0.5) is 5.69 Å². The summed E-state index contributed by atoms with van der Waals surface area (Å²) < 4.78 is 0. The second-order valence-electron chi connectivity index (χ2n) is 5.72. The van der Waals surface area contributed by atoms with Crippen LogP contribution in [0, 0.1) is 11.8 Å². The van der Waals surface area contributed by atoms with E-state index in [0.717, 1.165) is 24.4 Å². The molecule has 0 spiro atoms. The molecule has 1 amide bonds. The molecule has 0 saturated carbocycles. The Morgan fingerprint density at radius 2 is 1.94 bits per heavy atom.